The maximum absolute atomic E-state index is 13.5. The number of fused-ring (bicyclic) bond motifs is 1. The van der Waals surface area contributed by atoms with Gasteiger partial charge < -0.3 is 14.4 Å². The summed E-state index contributed by atoms with van der Waals surface area (Å²) in [6.07, 6.45) is 0. The second-order valence-electron chi connectivity index (χ2n) is 5.57. The normalized spacial score (nSPS) is 13.0. The summed E-state index contributed by atoms with van der Waals surface area (Å²) < 4.78 is 25.7. The SMILES string of the molecule is CCOP(=O)(OCC)C(Nc1nc2ccccc2s1)c1ccc(Cl)cc1Cl. The molecule has 0 fully saturated rings. The molecule has 1 heterocycles. The van der Waals surface area contributed by atoms with E-state index in [4.69, 9.17) is 32.2 Å². The van der Waals surface area contributed by atoms with E-state index in [0.717, 1.165) is 10.2 Å². The number of para-hydroxylation sites is 1. The largest absolute Gasteiger partial charge is 0.357 e. The molecule has 0 bridgehead atoms. The van der Waals surface area contributed by atoms with Gasteiger partial charge in [0.1, 0.15) is 0 Å². The number of aromatic nitrogens is 1. The molecule has 9 heteroatoms. The van der Waals surface area contributed by atoms with Crippen molar-refractivity contribution in [2.24, 2.45) is 0 Å². The molecular weight excluding hydrogens is 426 g/mol. The second kappa shape index (κ2) is 8.91. The fraction of sp³-hybridized carbons (Fsp3) is 0.278. The van der Waals surface area contributed by atoms with Gasteiger partial charge in [-0.1, -0.05) is 52.7 Å². The standard InChI is InChI=1S/C18H19Cl2N2O3PS/c1-3-24-26(23,25-4-2)17(13-10-9-12(19)11-14(13)20)22-18-21-15-7-5-6-8-16(15)27-18/h5-11,17H,3-4H2,1-2H3,(H,21,22). The van der Waals surface area contributed by atoms with Crippen LogP contribution >= 0.6 is 42.1 Å². The molecule has 27 heavy (non-hydrogen) atoms. The second-order valence-corrected chi connectivity index (χ2v) is 9.56. The molecule has 1 N–H and O–H groups in total. The predicted molar refractivity (Wildman–Crippen MR) is 113 cm³/mol. The molecule has 3 rings (SSSR count). The molecule has 1 atom stereocenters. The fourth-order valence-electron chi connectivity index (χ4n) is 2.65. The summed E-state index contributed by atoms with van der Waals surface area (Å²) in [5.74, 6) is -0.817. The van der Waals surface area contributed by atoms with Crippen LogP contribution in [0.25, 0.3) is 10.2 Å². The fourth-order valence-corrected chi connectivity index (χ4v) is 6.16. The average Bonchev–Trinajstić information content (AvgIpc) is 3.03. The third kappa shape index (κ3) is 4.65. The van der Waals surface area contributed by atoms with Crippen LogP contribution in [0.15, 0.2) is 42.5 Å². The number of hydrogen-bond donors (Lipinski definition) is 1. The topological polar surface area (TPSA) is 60.5 Å². The summed E-state index contributed by atoms with van der Waals surface area (Å²) in [5, 5.41) is 4.69. The lowest BCUT2D eigenvalue weighted by atomic mass is 10.2. The van der Waals surface area contributed by atoms with Gasteiger partial charge in [0.05, 0.1) is 23.4 Å². The Morgan fingerprint density at radius 3 is 2.48 bits per heavy atom. The Balaban J connectivity index is 2.06. The third-order valence-electron chi connectivity index (χ3n) is 3.75. The Kier molecular flexibility index (Phi) is 6.79. The van der Waals surface area contributed by atoms with Crippen LogP contribution in [-0.4, -0.2) is 18.2 Å². The van der Waals surface area contributed by atoms with Crippen LogP contribution in [0.3, 0.4) is 0 Å². The van der Waals surface area contributed by atoms with E-state index in [0.29, 0.717) is 20.7 Å². The lowest BCUT2D eigenvalue weighted by Gasteiger charge is -2.27. The Bertz CT molecular complexity index is 939. The van der Waals surface area contributed by atoms with Crippen molar-refractivity contribution in [1.82, 2.24) is 4.98 Å². The smallest absolute Gasteiger partial charge is 0.344 e. The van der Waals surface area contributed by atoms with E-state index in [2.05, 4.69) is 10.3 Å². The van der Waals surface area contributed by atoms with E-state index in [1.54, 1.807) is 32.0 Å². The molecule has 0 aliphatic heterocycles. The highest BCUT2D eigenvalue weighted by molar-refractivity contribution is 7.54. The van der Waals surface area contributed by atoms with Gasteiger partial charge in [0, 0.05) is 15.6 Å². The van der Waals surface area contributed by atoms with E-state index in [9.17, 15) is 4.57 Å². The lowest BCUT2D eigenvalue weighted by Crippen LogP contribution is -2.15. The Morgan fingerprint density at radius 2 is 1.85 bits per heavy atom. The van der Waals surface area contributed by atoms with Gasteiger partial charge in [-0.25, -0.2) is 4.98 Å². The van der Waals surface area contributed by atoms with Gasteiger partial charge >= 0.3 is 7.60 Å². The minimum Gasteiger partial charge on any atom is -0.344 e. The highest BCUT2D eigenvalue weighted by atomic mass is 35.5. The van der Waals surface area contributed by atoms with Crippen molar-refractivity contribution in [3.05, 3.63) is 58.1 Å². The molecule has 3 aromatic rings. The van der Waals surface area contributed by atoms with Crippen LogP contribution in [-0.2, 0) is 13.6 Å². The lowest BCUT2D eigenvalue weighted by molar-refractivity contribution is 0.214. The first kappa shape index (κ1) is 20.6. The molecule has 2 aromatic carbocycles. The van der Waals surface area contributed by atoms with Crippen molar-refractivity contribution in [2.75, 3.05) is 18.5 Å². The summed E-state index contributed by atoms with van der Waals surface area (Å²) in [5.41, 5.74) is 1.43. The number of rotatable bonds is 8. The van der Waals surface area contributed by atoms with E-state index in [1.165, 1.54) is 11.3 Å². The molecule has 5 nitrogen and oxygen atoms in total. The molecular formula is C18H19Cl2N2O3PS. The molecule has 1 aromatic heterocycles. The van der Waals surface area contributed by atoms with Crippen LogP contribution in [0.1, 0.15) is 25.2 Å². The van der Waals surface area contributed by atoms with Gasteiger partial charge in [-0.15, -0.1) is 0 Å². The average molecular weight is 445 g/mol. The number of nitrogens with zero attached hydrogens (tertiary/aromatic N) is 1. The van der Waals surface area contributed by atoms with Gasteiger partial charge in [-0.3, -0.25) is 4.57 Å². The first-order valence-corrected chi connectivity index (χ1v) is 11.6. The van der Waals surface area contributed by atoms with E-state index in [1.807, 2.05) is 24.3 Å². The zero-order chi connectivity index (χ0) is 19.4. The minimum absolute atomic E-state index is 0.237. The zero-order valence-electron chi connectivity index (χ0n) is 14.8. The van der Waals surface area contributed by atoms with Crippen molar-refractivity contribution in [3.8, 4) is 0 Å². The van der Waals surface area contributed by atoms with Crippen LogP contribution in [0, 0.1) is 0 Å². The van der Waals surface area contributed by atoms with Crippen LogP contribution < -0.4 is 5.32 Å². The molecule has 0 saturated carbocycles. The summed E-state index contributed by atoms with van der Waals surface area (Å²) in [7, 11) is -3.57. The van der Waals surface area contributed by atoms with Gasteiger partial charge in [0.25, 0.3) is 0 Å². The summed E-state index contributed by atoms with van der Waals surface area (Å²) in [6.45, 7) is 4.01. The Labute approximate surface area is 172 Å². The molecule has 144 valence electrons. The predicted octanol–water partition coefficient (Wildman–Crippen LogP) is 6.98. The van der Waals surface area contributed by atoms with E-state index in [-0.39, 0.29) is 13.2 Å². The first-order chi connectivity index (χ1) is 13.0. The zero-order valence-corrected chi connectivity index (χ0v) is 18.0. The summed E-state index contributed by atoms with van der Waals surface area (Å²) in [4.78, 5) is 4.57. The number of halogens is 2. The van der Waals surface area contributed by atoms with Crippen LogP contribution in [0.5, 0.6) is 0 Å². The minimum atomic E-state index is -3.57. The molecule has 0 amide bonds. The first-order valence-electron chi connectivity index (χ1n) is 8.42. The summed E-state index contributed by atoms with van der Waals surface area (Å²) in [6, 6.07) is 12.8. The molecule has 0 saturated heterocycles. The molecule has 0 aliphatic carbocycles. The highest BCUT2D eigenvalue weighted by Gasteiger charge is 2.39. The maximum atomic E-state index is 13.5. The third-order valence-corrected chi connectivity index (χ3v) is 7.55. The monoisotopic (exact) mass is 444 g/mol. The molecule has 1 unspecified atom stereocenters. The molecule has 0 aliphatic rings. The van der Waals surface area contributed by atoms with Gasteiger partial charge in [0.2, 0.25) is 0 Å². The van der Waals surface area contributed by atoms with E-state index >= 15 is 0 Å². The number of hydrogen-bond acceptors (Lipinski definition) is 6. The number of nitrogens with one attached hydrogen (secondary N) is 1. The van der Waals surface area contributed by atoms with Crippen molar-refractivity contribution >= 4 is 57.5 Å². The number of benzene rings is 2. The molecule has 0 spiro atoms. The van der Waals surface area contributed by atoms with Crippen molar-refractivity contribution < 1.29 is 13.6 Å². The number of anilines is 1. The quantitative estimate of drug-likeness (QED) is 0.379. The van der Waals surface area contributed by atoms with Gasteiger partial charge in [-0.2, -0.15) is 0 Å². The highest BCUT2D eigenvalue weighted by Crippen LogP contribution is 2.62. The number of thiazole rings is 1. The Morgan fingerprint density at radius 1 is 1.15 bits per heavy atom. The van der Waals surface area contributed by atoms with Crippen molar-refractivity contribution in [3.63, 3.8) is 0 Å². The van der Waals surface area contributed by atoms with Crippen molar-refractivity contribution in [1.29, 1.82) is 0 Å². The Hall–Kier alpha value is -1.14. The van der Waals surface area contributed by atoms with Crippen LogP contribution in [0.2, 0.25) is 10.0 Å². The van der Waals surface area contributed by atoms with Gasteiger partial charge in [0.15, 0.2) is 10.9 Å². The summed E-state index contributed by atoms with van der Waals surface area (Å²) >= 11 is 13.9. The maximum Gasteiger partial charge on any atom is 0.357 e. The van der Waals surface area contributed by atoms with Gasteiger partial charge in [-0.05, 0) is 38.1 Å². The van der Waals surface area contributed by atoms with Crippen molar-refractivity contribution in [2.45, 2.75) is 19.6 Å². The van der Waals surface area contributed by atoms with E-state index < -0.39 is 13.4 Å². The molecule has 0 radical (unpaired) electrons. The van der Waals surface area contributed by atoms with Crippen LogP contribution in [0.4, 0.5) is 5.13 Å².